The van der Waals surface area contributed by atoms with Gasteiger partial charge >= 0.3 is 0 Å². The van der Waals surface area contributed by atoms with Gasteiger partial charge in [-0.3, -0.25) is 0 Å². The Kier molecular flexibility index (Phi) is 3.95. The van der Waals surface area contributed by atoms with Gasteiger partial charge in [0, 0.05) is 5.92 Å². The SMILES string of the molecule is OCC(Cc1ccc(O)cc1)c1ccc(F)cc1. The predicted molar refractivity (Wildman–Crippen MR) is 68.0 cm³/mol. The highest BCUT2D eigenvalue weighted by molar-refractivity contribution is 5.29. The molecule has 0 heterocycles. The second-order valence-corrected chi connectivity index (χ2v) is 4.30. The molecule has 1 atom stereocenters. The zero-order valence-corrected chi connectivity index (χ0v) is 9.88. The maximum atomic E-state index is 12.8. The lowest BCUT2D eigenvalue weighted by Crippen LogP contribution is -2.07. The zero-order valence-electron chi connectivity index (χ0n) is 9.88. The van der Waals surface area contributed by atoms with Crippen molar-refractivity contribution in [2.75, 3.05) is 6.61 Å². The van der Waals surface area contributed by atoms with Gasteiger partial charge < -0.3 is 10.2 Å². The molecule has 0 spiro atoms. The van der Waals surface area contributed by atoms with Gasteiger partial charge in [0.25, 0.3) is 0 Å². The smallest absolute Gasteiger partial charge is 0.123 e. The molecular formula is C15H15FO2. The Hall–Kier alpha value is -1.87. The van der Waals surface area contributed by atoms with Crippen molar-refractivity contribution < 1.29 is 14.6 Å². The summed E-state index contributed by atoms with van der Waals surface area (Å²) < 4.78 is 12.8. The van der Waals surface area contributed by atoms with E-state index in [4.69, 9.17) is 0 Å². The fourth-order valence-electron chi connectivity index (χ4n) is 1.94. The molecule has 2 nitrogen and oxygen atoms in total. The van der Waals surface area contributed by atoms with Crippen molar-refractivity contribution in [3.63, 3.8) is 0 Å². The summed E-state index contributed by atoms with van der Waals surface area (Å²) in [6.45, 7) is 0.00646. The number of aromatic hydroxyl groups is 1. The summed E-state index contributed by atoms with van der Waals surface area (Å²) in [7, 11) is 0. The molecule has 2 aromatic carbocycles. The van der Waals surface area contributed by atoms with Crippen molar-refractivity contribution in [1.29, 1.82) is 0 Å². The summed E-state index contributed by atoms with van der Waals surface area (Å²) in [5.41, 5.74) is 1.93. The molecule has 2 rings (SSSR count). The Bertz CT molecular complexity index is 491. The number of hydrogen-bond acceptors (Lipinski definition) is 2. The van der Waals surface area contributed by atoms with Crippen molar-refractivity contribution in [3.05, 3.63) is 65.5 Å². The topological polar surface area (TPSA) is 40.5 Å². The minimum Gasteiger partial charge on any atom is -0.508 e. The molecule has 2 N–H and O–H groups in total. The van der Waals surface area contributed by atoms with E-state index >= 15 is 0 Å². The summed E-state index contributed by atoms with van der Waals surface area (Å²) in [6, 6.07) is 13.1. The second kappa shape index (κ2) is 5.65. The molecule has 1 unspecified atom stereocenters. The molecule has 94 valence electrons. The van der Waals surface area contributed by atoms with Gasteiger partial charge in [-0.25, -0.2) is 4.39 Å². The maximum Gasteiger partial charge on any atom is 0.123 e. The third-order valence-electron chi connectivity index (χ3n) is 2.98. The second-order valence-electron chi connectivity index (χ2n) is 4.30. The average Bonchev–Trinajstić information content (AvgIpc) is 2.39. The summed E-state index contributed by atoms with van der Waals surface area (Å²) in [5.74, 6) is -0.115. The van der Waals surface area contributed by atoms with Gasteiger partial charge in [-0.1, -0.05) is 24.3 Å². The molecule has 0 bridgehead atoms. The summed E-state index contributed by atoms with van der Waals surface area (Å²) in [5, 5.41) is 18.6. The highest BCUT2D eigenvalue weighted by Crippen LogP contribution is 2.22. The van der Waals surface area contributed by atoms with E-state index in [1.54, 1.807) is 24.3 Å². The van der Waals surface area contributed by atoms with E-state index in [9.17, 15) is 14.6 Å². The first kappa shape index (κ1) is 12.6. The van der Waals surface area contributed by atoms with Gasteiger partial charge in [-0.2, -0.15) is 0 Å². The van der Waals surface area contributed by atoms with Crippen LogP contribution >= 0.6 is 0 Å². The fraction of sp³-hybridized carbons (Fsp3) is 0.200. The molecule has 0 radical (unpaired) electrons. The standard InChI is InChI=1S/C15H15FO2/c16-14-5-3-12(4-6-14)13(10-17)9-11-1-7-15(18)8-2-11/h1-8,13,17-18H,9-10H2. The van der Waals surface area contributed by atoms with Crippen LogP contribution in [-0.2, 0) is 6.42 Å². The molecule has 0 aromatic heterocycles. The Balaban J connectivity index is 2.14. The van der Waals surface area contributed by atoms with Crippen LogP contribution in [0, 0.1) is 5.82 Å². The lowest BCUT2D eigenvalue weighted by Gasteiger charge is -2.14. The molecule has 18 heavy (non-hydrogen) atoms. The number of rotatable bonds is 4. The van der Waals surface area contributed by atoms with E-state index in [1.165, 1.54) is 12.1 Å². The van der Waals surface area contributed by atoms with E-state index in [0.717, 1.165) is 11.1 Å². The molecule has 0 fully saturated rings. The fourth-order valence-corrected chi connectivity index (χ4v) is 1.94. The van der Waals surface area contributed by atoms with E-state index in [0.29, 0.717) is 6.42 Å². The molecule has 3 heteroatoms. The highest BCUT2D eigenvalue weighted by Gasteiger charge is 2.11. The van der Waals surface area contributed by atoms with Gasteiger partial charge in [-0.15, -0.1) is 0 Å². The van der Waals surface area contributed by atoms with Crippen molar-refractivity contribution >= 4 is 0 Å². The third-order valence-corrected chi connectivity index (χ3v) is 2.98. The Morgan fingerprint density at radius 2 is 1.56 bits per heavy atom. The van der Waals surface area contributed by atoms with Crippen molar-refractivity contribution in [2.45, 2.75) is 12.3 Å². The molecule has 0 aliphatic heterocycles. The van der Waals surface area contributed by atoms with Crippen LogP contribution in [0.15, 0.2) is 48.5 Å². The van der Waals surface area contributed by atoms with Gasteiger partial charge in [-0.05, 0) is 41.8 Å². The van der Waals surface area contributed by atoms with Crippen LogP contribution < -0.4 is 0 Å². The Labute approximate surface area is 105 Å². The molecule has 0 saturated heterocycles. The molecule has 0 aliphatic rings. The normalized spacial score (nSPS) is 12.3. The van der Waals surface area contributed by atoms with Crippen LogP contribution in [0.5, 0.6) is 5.75 Å². The first-order valence-corrected chi connectivity index (χ1v) is 5.83. The minimum absolute atomic E-state index is 0.00646. The van der Waals surface area contributed by atoms with Crippen molar-refractivity contribution in [1.82, 2.24) is 0 Å². The average molecular weight is 246 g/mol. The van der Waals surface area contributed by atoms with Crippen LogP contribution in [0.2, 0.25) is 0 Å². The molecule has 0 saturated carbocycles. The number of hydrogen-bond donors (Lipinski definition) is 2. The summed E-state index contributed by atoms with van der Waals surface area (Å²) in [4.78, 5) is 0. The number of aliphatic hydroxyl groups is 1. The molecule has 2 aromatic rings. The lowest BCUT2D eigenvalue weighted by molar-refractivity contribution is 0.264. The van der Waals surface area contributed by atoms with Gasteiger partial charge in [0.15, 0.2) is 0 Å². The van der Waals surface area contributed by atoms with E-state index in [2.05, 4.69) is 0 Å². The number of aliphatic hydroxyl groups excluding tert-OH is 1. The molecular weight excluding hydrogens is 231 g/mol. The zero-order chi connectivity index (χ0) is 13.0. The maximum absolute atomic E-state index is 12.8. The van der Waals surface area contributed by atoms with Gasteiger partial charge in [0.1, 0.15) is 11.6 Å². The lowest BCUT2D eigenvalue weighted by atomic mass is 9.93. The van der Waals surface area contributed by atoms with Crippen LogP contribution in [0.1, 0.15) is 17.0 Å². The number of phenols is 1. The van der Waals surface area contributed by atoms with E-state index in [-0.39, 0.29) is 24.1 Å². The van der Waals surface area contributed by atoms with E-state index < -0.39 is 0 Å². The highest BCUT2D eigenvalue weighted by atomic mass is 19.1. The third kappa shape index (κ3) is 3.08. The van der Waals surface area contributed by atoms with Crippen molar-refractivity contribution in [2.24, 2.45) is 0 Å². The van der Waals surface area contributed by atoms with Crippen LogP contribution in [-0.4, -0.2) is 16.8 Å². The molecule has 0 aliphatic carbocycles. The quantitative estimate of drug-likeness (QED) is 0.870. The Morgan fingerprint density at radius 3 is 2.11 bits per heavy atom. The van der Waals surface area contributed by atoms with Gasteiger partial charge in [0.05, 0.1) is 6.61 Å². The van der Waals surface area contributed by atoms with Crippen LogP contribution in [0.25, 0.3) is 0 Å². The van der Waals surface area contributed by atoms with Gasteiger partial charge in [0.2, 0.25) is 0 Å². The van der Waals surface area contributed by atoms with Crippen LogP contribution in [0.3, 0.4) is 0 Å². The number of benzene rings is 2. The Morgan fingerprint density at radius 1 is 0.944 bits per heavy atom. The van der Waals surface area contributed by atoms with Crippen LogP contribution in [0.4, 0.5) is 4.39 Å². The van der Waals surface area contributed by atoms with Crippen molar-refractivity contribution in [3.8, 4) is 5.75 Å². The minimum atomic E-state index is -0.278. The summed E-state index contributed by atoms with van der Waals surface area (Å²) in [6.07, 6.45) is 0.655. The molecule has 0 amide bonds. The monoisotopic (exact) mass is 246 g/mol. The number of phenolic OH excluding ortho intramolecular Hbond substituents is 1. The predicted octanol–water partition coefficient (Wildman–Crippen LogP) is 2.85. The summed E-state index contributed by atoms with van der Waals surface area (Å²) >= 11 is 0. The first-order chi connectivity index (χ1) is 8.69. The largest absolute Gasteiger partial charge is 0.508 e. The van der Waals surface area contributed by atoms with E-state index in [1.807, 2.05) is 12.1 Å². The number of halogens is 1. The first-order valence-electron chi connectivity index (χ1n) is 5.83.